The highest BCUT2D eigenvalue weighted by Crippen LogP contribution is 2.30. The fourth-order valence-corrected chi connectivity index (χ4v) is 3.85. The van der Waals surface area contributed by atoms with Gasteiger partial charge in [0.05, 0.1) is 0 Å². The molecule has 0 spiro atoms. The smallest absolute Gasteiger partial charge is 0.254 e. The molecule has 0 radical (unpaired) electrons. The third-order valence-electron chi connectivity index (χ3n) is 5.71. The molecule has 2 aliphatic rings. The lowest BCUT2D eigenvalue weighted by Crippen LogP contribution is -2.39. The number of aromatic nitrogens is 1. The van der Waals surface area contributed by atoms with E-state index in [0.717, 1.165) is 37.3 Å². The molecule has 136 valence electrons. The van der Waals surface area contributed by atoms with Crippen LogP contribution in [0, 0.1) is 6.92 Å². The third kappa shape index (κ3) is 3.59. The maximum Gasteiger partial charge on any atom is 0.254 e. The Morgan fingerprint density at radius 3 is 2.65 bits per heavy atom. The summed E-state index contributed by atoms with van der Waals surface area (Å²) in [6.45, 7) is 3.76. The fourth-order valence-electron chi connectivity index (χ4n) is 3.85. The van der Waals surface area contributed by atoms with Crippen LogP contribution in [0.4, 0.5) is 5.82 Å². The van der Waals surface area contributed by atoms with Crippen molar-refractivity contribution in [3.05, 3.63) is 59.3 Å². The molecule has 1 amide bonds. The number of amides is 1. The van der Waals surface area contributed by atoms with Crippen molar-refractivity contribution in [1.29, 1.82) is 0 Å². The highest BCUT2D eigenvalue weighted by molar-refractivity contribution is 5.95. The molecule has 26 heavy (non-hydrogen) atoms. The summed E-state index contributed by atoms with van der Waals surface area (Å²) < 4.78 is 0. The van der Waals surface area contributed by atoms with Crippen LogP contribution in [0.3, 0.4) is 0 Å². The summed E-state index contributed by atoms with van der Waals surface area (Å²) in [5, 5.41) is 0. The van der Waals surface area contributed by atoms with Crippen molar-refractivity contribution < 1.29 is 4.79 Å². The van der Waals surface area contributed by atoms with Crippen LogP contribution in [0.25, 0.3) is 0 Å². The van der Waals surface area contributed by atoms with Gasteiger partial charge in [0.15, 0.2) is 0 Å². The van der Waals surface area contributed by atoms with Gasteiger partial charge in [-0.1, -0.05) is 29.8 Å². The summed E-state index contributed by atoms with van der Waals surface area (Å²) in [6.07, 6.45) is 6.42. The molecule has 1 aromatic carbocycles. The van der Waals surface area contributed by atoms with Gasteiger partial charge in [-0.2, -0.15) is 0 Å². The number of nitrogens with zero attached hydrogens (tertiary/aromatic N) is 3. The van der Waals surface area contributed by atoms with Gasteiger partial charge in [-0.15, -0.1) is 0 Å². The molecule has 1 atom stereocenters. The van der Waals surface area contributed by atoms with Crippen LogP contribution in [0.2, 0.25) is 0 Å². The third-order valence-corrected chi connectivity index (χ3v) is 5.71. The molecule has 2 heterocycles. The van der Waals surface area contributed by atoms with E-state index in [1.54, 1.807) is 6.20 Å². The molecule has 4 nitrogen and oxygen atoms in total. The molecule has 4 heteroatoms. The van der Waals surface area contributed by atoms with E-state index < -0.39 is 0 Å². The Kier molecular flexibility index (Phi) is 4.66. The molecule has 2 fully saturated rings. The highest BCUT2D eigenvalue weighted by Gasteiger charge is 2.29. The lowest BCUT2D eigenvalue weighted by atomic mass is 9.90. The van der Waals surface area contributed by atoms with Gasteiger partial charge in [0.25, 0.3) is 5.91 Å². The number of pyridine rings is 1. The zero-order valence-corrected chi connectivity index (χ0v) is 15.7. The SMILES string of the molecule is Cc1ccc(C2CCCN(C(=O)c3ccnc(N(C)C4CC4)c3)C2)cc1. The predicted octanol–water partition coefficient (Wildman–Crippen LogP) is 4.01. The maximum absolute atomic E-state index is 13.1. The minimum Gasteiger partial charge on any atom is -0.357 e. The number of likely N-dealkylation sites (tertiary alicyclic amines) is 1. The zero-order valence-electron chi connectivity index (χ0n) is 15.7. The topological polar surface area (TPSA) is 36.4 Å². The minimum absolute atomic E-state index is 0.134. The van der Waals surface area contributed by atoms with Crippen LogP contribution in [-0.4, -0.2) is 42.0 Å². The quantitative estimate of drug-likeness (QED) is 0.837. The Labute approximate surface area is 155 Å². The summed E-state index contributed by atoms with van der Waals surface area (Å²) in [7, 11) is 2.07. The number of anilines is 1. The minimum atomic E-state index is 0.134. The Morgan fingerprint density at radius 1 is 1.15 bits per heavy atom. The van der Waals surface area contributed by atoms with E-state index in [2.05, 4.69) is 48.1 Å². The molecule has 1 saturated carbocycles. The summed E-state index contributed by atoms with van der Waals surface area (Å²) in [5.41, 5.74) is 3.38. The number of piperidine rings is 1. The average molecular weight is 349 g/mol. The monoisotopic (exact) mass is 349 g/mol. The summed E-state index contributed by atoms with van der Waals surface area (Å²) in [6, 6.07) is 13.1. The van der Waals surface area contributed by atoms with Crippen LogP contribution in [0.15, 0.2) is 42.6 Å². The maximum atomic E-state index is 13.1. The van der Waals surface area contributed by atoms with Crippen LogP contribution < -0.4 is 4.90 Å². The van der Waals surface area contributed by atoms with E-state index in [9.17, 15) is 4.79 Å². The summed E-state index contributed by atoms with van der Waals surface area (Å²) >= 11 is 0. The standard InChI is InChI=1S/C22H27N3O/c1-16-5-7-17(8-6-16)19-4-3-13-25(15-19)22(26)18-11-12-23-21(14-18)24(2)20-9-10-20/h5-8,11-12,14,19-20H,3-4,9-10,13,15H2,1-2H3. The molecule has 1 aliphatic heterocycles. The van der Waals surface area contributed by atoms with E-state index in [0.29, 0.717) is 12.0 Å². The molecule has 1 unspecified atom stereocenters. The number of carbonyl (C=O) groups is 1. The van der Waals surface area contributed by atoms with Crippen LogP contribution in [0.1, 0.15) is 53.1 Å². The van der Waals surface area contributed by atoms with Gasteiger partial charge in [-0.05, 0) is 50.3 Å². The number of benzene rings is 1. The van der Waals surface area contributed by atoms with Crippen molar-refractivity contribution in [2.24, 2.45) is 0 Å². The molecule has 1 aliphatic carbocycles. The van der Waals surface area contributed by atoms with Crippen molar-refractivity contribution in [2.45, 2.75) is 44.6 Å². The van der Waals surface area contributed by atoms with Crippen molar-refractivity contribution in [2.75, 3.05) is 25.0 Å². The molecule has 2 aromatic rings. The van der Waals surface area contributed by atoms with E-state index in [1.165, 1.54) is 24.0 Å². The van der Waals surface area contributed by atoms with E-state index in [1.807, 2.05) is 17.0 Å². The number of aryl methyl sites for hydroxylation is 1. The van der Waals surface area contributed by atoms with Gasteiger partial charge in [0, 0.05) is 43.9 Å². The largest absolute Gasteiger partial charge is 0.357 e. The number of rotatable bonds is 4. The Balaban J connectivity index is 1.48. The van der Waals surface area contributed by atoms with Crippen LogP contribution in [-0.2, 0) is 0 Å². The van der Waals surface area contributed by atoms with E-state index >= 15 is 0 Å². The average Bonchev–Trinajstić information content (AvgIpc) is 3.53. The van der Waals surface area contributed by atoms with Gasteiger partial charge in [0.2, 0.25) is 0 Å². The molecular weight excluding hydrogens is 322 g/mol. The summed E-state index contributed by atoms with van der Waals surface area (Å²) in [5.74, 6) is 1.48. The highest BCUT2D eigenvalue weighted by atomic mass is 16.2. The normalized spacial score (nSPS) is 20.1. The number of hydrogen-bond donors (Lipinski definition) is 0. The molecule has 4 rings (SSSR count). The number of hydrogen-bond acceptors (Lipinski definition) is 3. The first-order chi connectivity index (χ1) is 12.6. The molecule has 0 bridgehead atoms. The van der Waals surface area contributed by atoms with E-state index in [-0.39, 0.29) is 5.91 Å². The summed E-state index contributed by atoms with van der Waals surface area (Å²) in [4.78, 5) is 21.7. The predicted molar refractivity (Wildman–Crippen MR) is 105 cm³/mol. The lowest BCUT2D eigenvalue weighted by molar-refractivity contribution is 0.0707. The first kappa shape index (κ1) is 17.1. The van der Waals surface area contributed by atoms with Crippen LogP contribution in [0.5, 0.6) is 0 Å². The zero-order chi connectivity index (χ0) is 18.1. The fraction of sp³-hybridized carbons (Fsp3) is 0.455. The van der Waals surface area contributed by atoms with Crippen molar-refractivity contribution in [3.8, 4) is 0 Å². The van der Waals surface area contributed by atoms with Crippen LogP contribution >= 0.6 is 0 Å². The van der Waals surface area contributed by atoms with Gasteiger partial charge in [0.1, 0.15) is 5.82 Å². The lowest BCUT2D eigenvalue weighted by Gasteiger charge is -2.33. The molecule has 0 N–H and O–H groups in total. The van der Waals surface area contributed by atoms with Gasteiger partial charge in [-0.3, -0.25) is 4.79 Å². The second-order valence-electron chi connectivity index (χ2n) is 7.75. The van der Waals surface area contributed by atoms with Gasteiger partial charge >= 0.3 is 0 Å². The molecule has 1 aromatic heterocycles. The van der Waals surface area contributed by atoms with Gasteiger partial charge < -0.3 is 9.80 Å². The van der Waals surface area contributed by atoms with Crippen molar-refractivity contribution in [1.82, 2.24) is 9.88 Å². The molecular formula is C22H27N3O. The Bertz CT molecular complexity index is 782. The van der Waals surface area contributed by atoms with Crippen molar-refractivity contribution >= 4 is 11.7 Å². The molecule has 1 saturated heterocycles. The van der Waals surface area contributed by atoms with Gasteiger partial charge in [-0.25, -0.2) is 4.98 Å². The first-order valence-corrected chi connectivity index (χ1v) is 9.66. The second-order valence-corrected chi connectivity index (χ2v) is 7.75. The number of carbonyl (C=O) groups excluding carboxylic acids is 1. The Morgan fingerprint density at radius 2 is 1.92 bits per heavy atom. The van der Waals surface area contributed by atoms with Crippen molar-refractivity contribution in [3.63, 3.8) is 0 Å². The first-order valence-electron chi connectivity index (χ1n) is 9.66. The van der Waals surface area contributed by atoms with E-state index in [4.69, 9.17) is 0 Å². The second kappa shape index (κ2) is 7.10. The Hall–Kier alpha value is -2.36.